The molecule has 0 saturated heterocycles. The molecule has 0 aliphatic carbocycles. The van der Waals surface area contributed by atoms with Gasteiger partial charge < -0.3 is 20.5 Å². The van der Waals surface area contributed by atoms with Crippen molar-refractivity contribution in [3.63, 3.8) is 0 Å². The minimum absolute atomic E-state index is 0.170. The summed E-state index contributed by atoms with van der Waals surface area (Å²) in [6.07, 6.45) is 3.92. The number of halogens is 1. The monoisotopic (exact) mass is 444 g/mol. The molecule has 3 heterocycles. The first-order valence-corrected chi connectivity index (χ1v) is 11.1. The zero-order valence-electron chi connectivity index (χ0n) is 16.9. The molecule has 3 aromatic rings. The molecule has 1 aliphatic rings. The fourth-order valence-corrected chi connectivity index (χ4v) is 3.94. The van der Waals surface area contributed by atoms with Crippen LogP contribution in [0.1, 0.15) is 11.1 Å². The van der Waals surface area contributed by atoms with Gasteiger partial charge in [-0.15, -0.1) is 0 Å². The molecule has 0 spiro atoms. The van der Waals surface area contributed by atoms with E-state index in [-0.39, 0.29) is 23.2 Å². The van der Waals surface area contributed by atoms with Gasteiger partial charge in [0, 0.05) is 25.2 Å². The average Bonchev–Trinajstić information content (AvgIpc) is 3.10. The SMILES string of the molecule is Cc1cc(Nc2nccc(N(C)c3n[nH]c4c3C=C(F)CN4[O-])n2)cc(S(C)(=O)=O)c1. The molecule has 0 radical (unpaired) electrons. The first kappa shape index (κ1) is 20.8. The third-order valence-electron chi connectivity index (χ3n) is 4.65. The lowest BCUT2D eigenvalue weighted by molar-refractivity contribution is 0.602. The van der Waals surface area contributed by atoms with Crippen molar-refractivity contribution in [2.24, 2.45) is 0 Å². The summed E-state index contributed by atoms with van der Waals surface area (Å²) in [5.41, 5.74) is 1.60. The van der Waals surface area contributed by atoms with Crippen LogP contribution in [0.25, 0.3) is 6.08 Å². The molecule has 0 bridgehead atoms. The first-order valence-electron chi connectivity index (χ1n) is 9.16. The summed E-state index contributed by atoms with van der Waals surface area (Å²) in [5.74, 6) is 0.587. The van der Waals surface area contributed by atoms with Crippen LogP contribution in [-0.2, 0) is 9.84 Å². The van der Waals surface area contributed by atoms with Gasteiger partial charge in [-0.1, -0.05) is 0 Å². The fraction of sp³-hybridized carbons (Fsp3) is 0.211. The molecule has 162 valence electrons. The predicted octanol–water partition coefficient (Wildman–Crippen LogP) is 3.05. The average molecular weight is 444 g/mol. The number of hydrogen-bond acceptors (Lipinski definition) is 9. The van der Waals surface area contributed by atoms with Crippen LogP contribution in [0.5, 0.6) is 0 Å². The number of benzene rings is 1. The zero-order chi connectivity index (χ0) is 22.3. The van der Waals surface area contributed by atoms with E-state index >= 15 is 0 Å². The van der Waals surface area contributed by atoms with Crippen molar-refractivity contribution in [3.05, 3.63) is 52.6 Å². The zero-order valence-corrected chi connectivity index (χ0v) is 17.7. The van der Waals surface area contributed by atoms with Gasteiger partial charge in [0.05, 0.1) is 17.0 Å². The third kappa shape index (κ3) is 4.20. The highest BCUT2D eigenvalue weighted by atomic mass is 32.2. The number of nitrogens with zero attached hydrogens (tertiary/aromatic N) is 5. The van der Waals surface area contributed by atoms with Gasteiger partial charge in [-0.25, -0.2) is 17.8 Å². The predicted molar refractivity (Wildman–Crippen MR) is 116 cm³/mol. The highest BCUT2D eigenvalue weighted by molar-refractivity contribution is 7.90. The van der Waals surface area contributed by atoms with E-state index in [1.807, 2.05) is 0 Å². The molecule has 2 aromatic heterocycles. The summed E-state index contributed by atoms with van der Waals surface area (Å²) in [6, 6.07) is 6.48. The number of H-pyrrole nitrogens is 1. The summed E-state index contributed by atoms with van der Waals surface area (Å²) in [4.78, 5) is 10.4. The molecule has 0 saturated carbocycles. The number of aromatic amines is 1. The molecular weight excluding hydrogens is 425 g/mol. The molecule has 4 rings (SSSR count). The van der Waals surface area contributed by atoms with E-state index in [2.05, 4.69) is 25.5 Å². The molecule has 0 atom stereocenters. The van der Waals surface area contributed by atoms with Crippen LogP contribution in [0.2, 0.25) is 0 Å². The highest BCUT2D eigenvalue weighted by Gasteiger charge is 2.22. The summed E-state index contributed by atoms with van der Waals surface area (Å²) >= 11 is 0. The lowest BCUT2D eigenvalue weighted by Crippen LogP contribution is -2.21. The van der Waals surface area contributed by atoms with E-state index in [4.69, 9.17) is 0 Å². The first-order chi connectivity index (χ1) is 14.6. The number of hydrogen-bond donors (Lipinski definition) is 2. The van der Waals surface area contributed by atoms with Crippen LogP contribution in [0.4, 0.5) is 33.5 Å². The van der Waals surface area contributed by atoms with E-state index < -0.39 is 15.7 Å². The van der Waals surface area contributed by atoms with Gasteiger partial charge in [0.25, 0.3) is 0 Å². The number of hydroxylamine groups is 1. The topological polar surface area (TPSA) is 130 Å². The molecule has 10 nitrogen and oxygen atoms in total. The maximum absolute atomic E-state index is 13.8. The third-order valence-corrected chi connectivity index (χ3v) is 5.74. The van der Waals surface area contributed by atoms with Gasteiger partial charge in [-0.05, 0) is 42.8 Å². The van der Waals surface area contributed by atoms with Crippen LogP contribution in [0.15, 0.2) is 41.2 Å². The van der Waals surface area contributed by atoms with Gasteiger partial charge in [0.1, 0.15) is 17.5 Å². The van der Waals surface area contributed by atoms with Gasteiger partial charge >= 0.3 is 0 Å². The quantitative estimate of drug-likeness (QED) is 0.610. The van der Waals surface area contributed by atoms with Crippen LogP contribution < -0.4 is 15.3 Å². The smallest absolute Gasteiger partial charge is 0.229 e. The number of fused-ring (bicyclic) bond motifs is 1. The molecule has 31 heavy (non-hydrogen) atoms. The molecule has 1 aliphatic heterocycles. The van der Waals surface area contributed by atoms with Crippen molar-refractivity contribution >= 4 is 45.0 Å². The van der Waals surface area contributed by atoms with Gasteiger partial charge in [-0.2, -0.15) is 10.1 Å². The number of nitrogens with one attached hydrogen (secondary N) is 2. The maximum atomic E-state index is 13.8. The second-order valence-electron chi connectivity index (χ2n) is 7.17. The van der Waals surface area contributed by atoms with E-state index in [1.165, 1.54) is 18.3 Å². The van der Waals surface area contributed by atoms with E-state index in [1.54, 1.807) is 37.1 Å². The molecule has 1 aromatic carbocycles. The van der Waals surface area contributed by atoms with Crippen LogP contribution >= 0.6 is 0 Å². The molecule has 0 amide bonds. The molecular formula is C19H19FN7O3S-. The highest BCUT2D eigenvalue weighted by Crippen LogP contribution is 2.35. The van der Waals surface area contributed by atoms with Crippen LogP contribution in [0, 0.1) is 12.1 Å². The lowest BCUT2D eigenvalue weighted by Gasteiger charge is -2.31. The summed E-state index contributed by atoms with van der Waals surface area (Å²) in [7, 11) is -1.70. The van der Waals surface area contributed by atoms with E-state index in [0.29, 0.717) is 27.9 Å². The minimum atomic E-state index is -3.38. The summed E-state index contributed by atoms with van der Waals surface area (Å²) in [6.45, 7) is 1.42. The minimum Gasteiger partial charge on any atom is -0.757 e. The number of aryl methyl sites for hydroxylation is 1. The van der Waals surface area contributed by atoms with E-state index in [9.17, 15) is 18.0 Å². The molecule has 0 fully saturated rings. The van der Waals surface area contributed by atoms with Crippen molar-refractivity contribution in [2.45, 2.75) is 11.8 Å². The van der Waals surface area contributed by atoms with Crippen molar-refractivity contribution in [1.82, 2.24) is 20.2 Å². The van der Waals surface area contributed by atoms with Crippen molar-refractivity contribution in [2.75, 3.05) is 35.1 Å². The molecule has 2 N–H and O–H groups in total. The van der Waals surface area contributed by atoms with Crippen molar-refractivity contribution in [1.29, 1.82) is 0 Å². The largest absolute Gasteiger partial charge is 0.757 e. The Hall–Kier alpha value is -3.51. The lowest BCUT2D eigenvalue weighted by atomic mass is 10.2. The van der Waals surface area contributed by atoms with Gasteiger partial charge in [-0.3, -0.25) is 5.10 Å². The van der Waals surface area contributed by atoms with E-state index in [0.717, 1.165) is 11.8 Å². The Balaban J connectivity index is 1.64. The number of aromatic nitrogens is 4. The Labute approximate surface area is 177 Å². The normalized spacial score (nSPS) is 13.6. The fourth-order valence-electron chi connectivity index (χ4n) is 3.20. The van der Waals surface area contributed by atoms with Crippen LogP contribution in [-0.4, -0.2) is 48.4 Å². The van der Waals surface area contributed by atoms with Crippen LogP contribution in [0.3, 0.4) is 0 Å². The van der Waals surface area contributed by atoms with Crippen molar-refractivity contribution < 1.29 is 12.8 Å². The standard InChI is InChI=1S/C19H19FN7O3S/c1-11-6-13(9-14(7-11)31(3,29)30)22-19-21-5-4-16(23-19)26(2)17-15-8-12(20)10-27(28)18(15)25-24-17/h4-9H,10H2,1-3H3,(H,24,25)(H,21,22,23)/q-1. The van der Waals surface area contributed by atoms with Gasteiger partial charge in [0.15, 0.2) is 15.7 Å². The molecule has 12 heteroatoms. The summed E-state index contributed by atoms with van der Waals surface area (Å²) in [5, 5.41) is 22.2. The number of sulfone groups is 1. The number of rotatable bonds is 5. The maximum Gasteiger partial charge on any atom is 0.229 e. The Morgan fingerprint density at radius 3 is 2.84 bits per heavy atom. The second-order valence-corrected chi connectivity index (χ2v) is 9.18. The number of anilines is 5. The van der Waals surface area contributed by atoms with Crippen molar-refractivity contribution in [3.8, 4) is 0 Å². The summed E-state index contributed by atoms with van der Waals surface area (Å²) < 4.78 is 37.6. The van der Waals surface area contributed by atoms with Gasteiger partial charge in [0.2, 0.25) is 5.95 Å². The Kier molecular flexibility index (Phi) is 5.11. The second kappa shape index (κ2) is 7.63. The Bertz CT molecular complexity index is 1290. The Morgan fingerprint density at radius 2 is 2.10 bits per heavy atom. The Morgan fingerprint density at radius 1 is 1.32 bits per heavy atom. The molecule has 0 unspecified atom stereocenters.